The first-order valence-corrected chi connectivity index (χ1v) is 5.01. The Morgan fingerprint density at radius 3 is 2.87 bits per heavy atom. The number of ether oxygens (including phenoxy) is 1. The average molecular weight is 230 g/mol. The van der Waals surface area contributed by atoms with Crippen molar-refractivity contribution in [3.8, 4) is 5.75 Å². The predicted molar refractivity (Wildman–Crippen MR) is 57.0 cm³/mol. The molecule has 0 bridgehead atoms. The number of phenols is 1. The van der Waals surface area contributed by atoms with Crippen LogP contribution in [0.15, 0.2) is 24.3 Å². The van der Waals surface area contributed by atoms with E-state index < -0.39 is 6.09 Å². The summed E-state index contributed by atoms with van der Waals surface area (Å²) in [6.45, 7) is 0.405. The van der Waals surface area contributed by atoms with Crippen LogP contribution in [0.4, 0.5) is 4.79 Å². The minimum absolute atomic E-state index is 0.0425. The van der Waals surface area contributed by atoms with Crippen molar-refractivity contribution in [1.82, 2.24) is 5.32 Å². The second kappa shape index (κ2) is 6.14. The number of para-hydroxylation sites is 1. The fourth-order valence-corrected chi connectivity index (χ4v) is 1.07. The Kier molecular flexibility index (Phi) is 4.77. The molecule has 82 valence electrons. The van der Waals surface area contributed by atoms with Crippen LogP contribution in [0.2, 0.25) is 0 Å². The van der Waals surface area contributed by atoms with Gasteiger partial charge in [-0.05, 0) is 6.07 Å². The van der Waals surface area contributed by atoms with Crippen molar-refractivity contribution in [1.29, 1.82) is 0 Å². The standard InChI is InChI=1S/C10H12ClNO3/c11-5-6-12-10(14)15-7-8-3-1-2-4-9(8)13/h1-4,13H,5-7H2,(H,12,14). The normalized spacial score (nSPS) is 9.67. The van der Waals surface area contributed by atoms with Crippen molar-refractivity contribution in [2.75, 3.05) is 12.4 Å². The molecule has 0 saturated carbocycles. The van der Waals surface area contributed by atoms with Crippen LogP contribution in [-0.4, -0.2) is 23.6 Å². The molecule has 1 rings (SSSR count). The number of rotatable bonds is 4. The monoisotopic (exact) mass is 229 g/mol. The lowest BCUT2D eigenvalue weighted by molar-refractivity contribution is 0.139. The molecule has 0 radical (unpaired) electrons. The van der Waals surface area contributed by atoms with Gasteiger partial charge in [0.25, 0.3) is 0 Å². The number of halogens is 1. The van der Waals surface area contributed by atoms with Gasteiger partial charge in [-0.1, -0.05) is 18.2 Å². The molecular weight excluding hydrogens is 218 g/mol. The summed E-state index contributed by atoms with van der Waals surface area (Å²) in [6.07, 6.45) is -0.543. The Bertz CT molecular complexity index is 330. The van der Waals surface area contributed by atoms with Crippen LogP contribution in [0, 0.1) is 0 Å². The van der Waals surface area contributed by atoms with Crippen molar-refractivity contribution in [2.45, 2.75) is 6.61 Å². The van der Waals surface area contributed by atoms with Crippen molar-refractivity contribution < 1.29 is 14.6 Å². The van der Waals surface area contributed by atoms with E-state index in [-0.39, 0.29) is 12.4 Å². The average Bonchev–Trinajstić information content (AvgIpc) is 2.25. The van der Waals surface area contributed by atoms with Gasteiger partial charge in [-0.2, -0.15) is 0 Å². The van der Waals surface area contributed by atoms with E-state index in [9.17, 15) is 9.90 Å². The van der Waals surface area contributed by atoms with Crippen molar-refractivity contribution in [3.05, 3.63) is 29.8 Å². The number of phenolic OH excluding ortho intramolecular Hbond substituents is 1. The van der Waals surface area contributed by atoms with E-state index in [1.54, 1.807) is 18.2 Å². The van der Waals surface area contributed by atoms with Crippen LogP contribution in [0.25, 0.3) is 0 Å². The third-order valence-corrected chi connectivity index (χ3v) is 1.90. The summed E-state index contributed by atoms with van der Waals surface area (Å²) in [5.74, 6) is 0.453. The van der Waals surface area contributed by atoms with Gasteiger partial charge in [0.05, 0.1) is 0 Å². The first-order valence-electron chi connectivity index (χ1n) is 4.47. The zero-order valence-corrected chi connectivity index (χ0v) is 8.83. The predicted octanol–water partition coefficient (Wildman–Crippen LogP) is 1.86. The van der Waals surface area contributed by atoms with E-state index in [1.165, 1.54) is 6.07 Å². The summed E-state index contributed by atoms with van der Waals surface area (Å²) >= 11 is 5.38. The molecule has 0 aliphatic heterocycles. The second-order valence-electron chi connectivity index (χ2n) is 2.82. The van der Waals surface area contributed by atoms with Crippen LogP contribution < -0.4 is 5.32 Å². The lowest BCUT2D eigenvalue weighted by atomic mass is 10.2. The highest BCUT2D eigenvalue weighted by molar-refractivity contribution is 6.18. The number of alkyl halides is 1. The van der Waals surface area contributed by atoms with Crippen molar-refractivity contribution in [3.63, 3.8) is 0 Å². The van der Waals surface area contributed by atoms with Crippen LogP contribution in [0.3, 0.4) is 0 Å². The number of alkyl carbamates (subject to hydrolysis) is 1. The summed E-state index contributed by atoms with van der Waals surface area (Å²) < 4.78 is 4.84. The molecule has 1 aromatic rings. The maximum atomic E-state index is 11.0. The van der Waals surface area contributed by atoms with Crippen LogP contribution in [0.5, 0.6) is 5.75 Å². The van der Waals surface area contributed by atoms with E-state index >= 15 is 0 Å². The molecule has 0 atom stereocenters. The van der Waals surface area contributed by atoms with Gasteiger partial charge < -0.3 is 15.2 Å². The molecule has 0 fully saturated rings. The topological polar surface area (TPSA) is 58.6 Å². The number of amides is 1. The summed E-state index contributed by atoms with van der Waals surface area (Å²) in [4.78, 5) is 11.0. The van der Waals surface area contributed by atoms with Gasteiger partial charge in [0, 0.05) is 18.0 Å². The van der Waals surface area contributed by atoms with E-state index in [0.29, 0.717) is 18.0 Å². The summed E-state index contributed by atoms with van der Waals surface area (Å²) in [5.41, 5.74) is 0.568. The van der Waals surface area contributed by atoms with Crippen LogP contribution in [0.1, 0.15) is 5.56 Å². The summed E-state index contributed by atoms with van der Waals surface area (Å²) in [5, 5.41) is 11.8. The molecular formula is C10H12ClNO3. The lowest BCUT2D eigenvalue weighted by Crippen LogP contribution is -2.25. The first kappa shape index (κ1) is 11.7. The van der Waals surface area contributed by atoms with Gasteiger partial charge in [-0.25, -0.2) is 4.79 Å². The number of benzene rings is 1. The molecule has 4 nitrogen and oxygen atoms in total. The fraction of sp³-hybridized carbons (Fsp3) is 0.300. The zero-order chi connectivity index (χ0) is 11.1. The highest BCUT2D eigenvalue weighted by Gasteiger charge is 2.04. The number of aromatic hydroxyl groups is 1. The fourth-order valence-electron chi connectivity index (χ4n) is 0.977. The maximum Gasteiger partial charge on any atom is 0.407 e. The molecule has 0 aliphatic rings. The second-order valence-corrected chi connectivity index (χ2v) is 3.20. The Labute approximate surface area is 92.8 Å². The molecule has 1 aromatic carbocycles. The van der Waals surface area contributed by atoms with Gasteiger partial charge in [0.1, 0.15) is 12.4 Å². The Morgan fingerprint density at radius 2 is 2.20 bits per heavy atom. The van der Waals surface area contributed by atoms with Crippen LogP contribution in [-0.2, 0) is 11.3 Å². The van der Waals surface area contributed by atoms with Gasteiger partial charge in [-0.15, -0.1) is 11.6 Å². The molecule has 0 saturated heterocycles. The summed E-state index contributed by atoms with van der Waals surface area (Å²) in [6, 6.07) is 6.68. The highest BCUT2D eigenvalue weighted by Crippen LogP contribution is 2.16. The van der Waals surface area contributed by atoms with E-state index in [1.807, 2.05) is 0 Å². The van der Waals surface area contributed by atoms with Crippen molar-refractivity contribution >= 4 is 17.7 Å². The Morgan fingerprint density at radius 1 is 1.47 bits per heavy atom. The van der Waals surface area contributed by atoms with Gasteiger partial charge in [0.15, 0.2) is 0 Å². The third kappa shape index (κ3) is 4.08. The zero-order valence-electron chi connectivity index (χ0n) is 8.07. The molecule has 0 aromatic heterocycles. The van der Waals surface area contributed by atoms with E-state index in [2.05, 4.69) is 5.32 Å². The quantitative estimate of drug-likeness (QED) is 0.775. The molecule has 5 heteroatoms. The number of hydrogen-bond acceptors (Lipinski definition) is 3. The minimum Gasteiger partial charge on any atom is -0.508 e. The maximum absolute atomic E-state index is 11.0. The number of hydrogen-bond donors (Lipinski definition) is 2. The minimum atomic E-state index is -0.543. The molecule has 2 N–H and O–H groups in total. The summed E-state index contributed by atoms with van der Waals surface area (Å²) in [7, 11) is 0. The molecule has 1 amide bonds. The largest absolute Gasteiger partial charge is 0.508 e. The van der Waals surface area contributed by atoms with Crippen molar-refractivity contribution in [2.24, 2.45) is 0 Å². The van der Waals surface area contributed by atoms with Gasteiger partial charge >= 0.3 is 6.09 Å². The number of carbonyl (C=O) groups excluding carboxylic acids is 1. The van der Waals surface area contributed by atoms with Crippen LogP contribution >= 0.6 is 11.6 Å². The molecule has 15 heavy (non-hydrogen) atoms. The molecule has 0 unspecified atom stereocenters. The van der Waals surface area contributed by atoms with Gasteiger partial charge in [0.2, 0.25) is 0 Å². The number of carbonyl (C=O) groups is 1. The molecule has 0 aliphatic carbocycles. The highest BCUT2D eigenvalue weighted by atomic mass is 35.5. The molecule has 0 heterocycles. The Hall–Kier alpha value is -1.42. The third-order valence-electron chi connectivity index (χ3n) is 1.71. The Balaban J connectivity index is 2.37. The number of nitrogens with one attached hydrogen (secondary N) is 1. The van der Waals surface area contributed by atoms with Gasteiger partial charge in [-0.3, -0.25) is 0 Å². The van der Waals surface area contributed by atoms with E-state index in [0.717, 1.165) is 0 Å². The SMILES string of the molecule is O=C(NCCCl)OCc1ccccc1O. The molecule has 0 spiro atoms. The van der Waals surface area contributed by atoms with E-state index in [4.69, 9.17) is 16.3 Å². The lowest BCUT2D eigenvalue weighted by Gasteiger charge is -2.06. The first-order chi connectivity index (χ1) is 7.24. The smallest absolute Gasteiger partial charge is 0.407 e.